The Morgan fingerprint density at radius 2 is 2.10 bits per heavy atom. The second-order valence-electron chi connectivity index (χ2n) is 9.20. The van der Waals surface area contributed by atoms with E-state index in [9.17, 15) is 13.2 Å². The van der Waals surface area contributed by atoms with Gasteiger partial charge >= 0.3 is 6.03 Å². The molecule has 0 bridgehead atoms. The second-order valence-corrected chi connectivity index (χ2v) is 11.0. The van der Waals surface area contributed by atoms with Crippen LogP contribution in [0.3, 0.4) is 0 Å². The maximum Gasteiger partial charge on any atom is 0.323 e. The molecule has 30 heavy (non-hydrogen) atoms. The van der Waals surface area contributed by atoms with Gasteiger partial charge in [0.05, 0.1) is 23.9 Å². The third-order valence-electron chi connectivity index (χ3n) is 7.25. The fourth-order valence-corrected chi connectivity index (χ4v) is 6.29. The van der Waals surface area contributed by atoms with Crippen LogP contribution in [0, 0.1) is 5.41 Å². The monoisotopic (exact) mass is 434 g/mol. The second kappa shape index (κ2) is 6.75. The first-order valence-corrected chi connectivity index (χ1v) is 12.7. The van der Waals surface area contributed by atoms with Crippen molar-refractivity contribution in [3.63, 3.8) is 0 Å². The molecule has 2 amide bonds. The normalized spacial score (nSPS) is 32.9. The number of hydrogen-bond acceptors (Lipinski definition) is 5. The minimum atomic E-state index is -3.28. The Labute approximate surface area is 178 Å². The lowest BCUT2D eigenvalue weighted by Crippen LogP contribution is -2.45. The Morgan fingerprint density at radius 3 is 2.90 bits per heavy atom. The van der Waals surface area contributed by atoms with Crippen molar-refractivity contribution in [3.05, 3.63) is 35.5 Å². The Balaban J connectivity index is 1.46. The van der Waals surface area contributed by atoms with E-state index in [0.717, 1.165) is 44.1 Å². The highest BCUT2D eigenvalue weighted by atomic mass is 32.2. The summed E-state index contributed by atoms with van der Waals surface area (Å²) < 4.78 is 32.1. The lowest BCUT2D eigenvalue weighted by atomic mass is 9.65. The molecule has 5 aliphatic rings. The summed E-state index contributed by atoms with van der Waals surface area (Å²) in [6.45, 7) is 0.991. The van der Waals surface area contributed by atoms with Gasteiger partial charge in [-0.2, -0.15) is 0 Å². The molecular formula is C21H30N4O4S. The number of allylic oxidation sites excluding steroid dienone is 3. The summed E-state index contributed by atoms with van der Waals surface area (Å²) >= 11 is 0. The molecule has 0 aromatic heterocycles. The highest BCUT2D eigenvalue weighted by molar-refractivity contribution is 7.88. The molecule has 3 fully saturated rings. The van der Waals surface area contributed by atoms with Crippen LogP contribution in [0.1, 0.15) is 44.9 Å². The Morgan fingerprint density at radius 1 is 1.27 bits per heavy atom. The zero-order valence-electron chi connectivity index (χ0n) is 17.7. The van der Waals surface area contributed by atoms with Crippen LogP contribution in [-0.4, -0.2) is 67.8 Å². The molecule has 5 rings (SSSR count). The first-order chi connectivity index (χ1) is 14.2. The van der Waals surface area contributed by atoms with E-state index < -0.39 is 15.7 Å². The number of rotatable bonds is 4. The maximum atomic E-state index is 13.0. The topological polar surface area (TPSA) is 82.2 Å². The number of carbonyl (C=O) groups excluding carboxylic acids is 1. The highest BCUT2D eigenvalue weighted by Crippen LogP contribution is 2.62. The van der Waals surface area contributed by atoms with Gasteiger partial charge in [0.25, 0.3) is 0 Å². The molecule has 2 spiro atoms. The number of amides is 2. The molecule has 1 aliphatic carbocycles. The summed E-state index contributed by atoms with van der Waals surface area (Å²) in [4.78, 5) is 18.7. The molecule has 1 saturated carbocycles. The standard InChI is InChI=1S/C21H30N4O4S/c1-23-19(26)25(12-10-22-30(2,27)28)15-21(23)14-20-9-5-3-7-16(20)13-24-11-6-4-8-17(24)18(20)29-21/h6,11,13,22H,3-5,7-10,12,14-15H2,1-2H3/t20?,21-/m0/s1. The average molecular weight is 435 g/mol. The van der Waals surface area contributed by atoms with Crippen LogP contribution in [0.4, 0.5) is 4.79 Å². The van der Waals surface area contributed by atoms with E-state index in [-0.39, 0.29) is 18.0 Å². The third kappa shape index (κ3) is 2.97. The van der Waals surface area contributed by atoms with E-state index in [1.165, 1.54) is 24.1 Å². The van der Waals surface area contributed by atoms with Gasteiger partial charge in [0.2, 0.25) is 15.7 Å². The number of ether oxygens (including phenoxy) is 1. The van der Waals surface area contributed by atoms with Crippen LogP contribution in [0.25, 0.3) is 0 Å². The molecule has 8 nitrogen and oxygen atoms in total. The number of likely N-dealkylation sites (N-methyl/N-ethyl adjacent to an activating group) is 1. The molecule has 2 saturated heterocycles. The van der Waals surface area contributed by atoms with E-state index >= 15 is 0 Å². The zero-order valence-corrected chi connectivity index (χ0v) is 18.5. The molecule has 1 unspecified atom stereocenters. The van der Waals surface area contributed by atoms with Crippen molar-refractivity contribution in [2.24, 2.45) is 5.41 Å². The van der Waals surface area contributed by atoms with Crippen LogP contribution >= 0.6 is 0 Å². The molecule has 164 valence electrons. The van der Waals surface area contributed by atoms with Crippen LogP contribution in [0.15, 0.2) is 35.5 Å². The summed E-state index contributed by atoms with van der Waals surface area (Å²) in [6, 6.07) is -0.104. The van der Waals surface area contributed by atoms with Gasteiger partial charge in [-0.3, -0.25) is 4.90 Å². The lowest BCUT2D eigenvalue weighted by Gasteiger charge is -2.42. The molecule has 0 aromatic carbocycles. The molecular weight excluding hydrogens is 404 g/mol. The number of sulfonamides is 1. The van der Waals surface area contributed by atoms with Crippen molar-refractivity contribution < 1.29 is 17.9 Å². The Bertz CT molecular complexity index is 971. The summed E-state index contributed by atoms with van der Waals surface area (Å²) in [5.74, 6) is 1.07. The summed E-state index contributed by atoms with van der Waals surface area (Å²) in [6.07, 6.45) is 15.0. The van der Waals surface area contributed by atoms with Gasteiger partial charge in [-0.15, -0.1) is 0 Å². The van der Waals surface area contributed by atoms with E-state index in [0.29, 0.717) is 13.1 Å². The molecule has 0 radical (unpaired) electrons. The van der Waals surface area contributed by atoms with Crippen LogP contribution < -0.4 is 4.72 Å². The van der Waals surface area contributed by atoms with Gasteiger partial charge in [-0.05, 0) is 37.7 Å². The third-order valence-corrected chi connectivity index (χ3v) is 7.98. The SMILES string of the molecule is CN1C(=O)N(CCNS(C)(=O)=O)C[C@@]12CC13CCCCC1=CN1C=CCCC1=C3O2. The summed E-state index contributed by atoms with van der Waals surface area (Å²) in [5.41, 5.74) is 1.86. The number of nitrogens with one attached hydrogen (secondary N) is 1. The average Bonchev–Trinajstić information content (AvgIpc) is 3.15. The molecule has 9 heteroatoms. The zero-order chi connectivity index (χ0) is 21.1. The van der Waals surface area contributed by atoms with Gasteiger partial charge in [-0.25, -0.2) is 17.9 Å². The smallest absolute Gasteiger partial charge is 0.323 e. The quantitative estimate of drug-likeness (QED) is 0.734. The van der Waals surface area contributed by atoms with Gasteiger partial charge in [0, 0.05) is 39.0 Å². The van der Waals surface area contributed by atoms with Crippen molar-refractivity contribution in [1.29, 1.82) is 0 Å². The van der Waals surface area contributed by atoms with Gasteiger partial charge in [0.15, 0.2) is 0 Å². The molecule has 0 aromatic rings. The van der Waals surface area contributed by atoms with Gasteiger partial charge < -0.3 is 14.5 Å². The Kier molecular flexibility index (Phi) is 4.49. The lowest BCUT2D eigenvalue weighted by molar-refractivity contribution is -0.0427. The van der Waals surface area contributed by atoms with E-state index in [1.807, 2.05) is 7.05 Å². The predicted molar refractivity (Wildman–Crippen MR) is 112 cm³/mol. The van der Waals surface area contributed by atoms with E-state index in [1.54, 1.807) is 9.80 Å². The van der Waals surface area contributed by atoms with E-state index in [2.05, 4.69) is 28.1 Å². The van der Waals surface area contributed by atoms with Crippen molar-refractivity contribution in [2.45, 2.75) is 50.7 Å². The molecule has 2 atom stereocenters. The van der Waals surface area contributed by atoms with E-state index in [4.69, 9.17) is 4.74 Å². The number of fused-ring (bicyclic) bond motifs is 1. The van der Waals surface area contributed by atoms with Crippen molar-refractivity contribution in [1.82, 2.24) is 19.4 Å². The predicted octanol–water partition coefficient (Wildman–Crippen LogP) is 2.30. The van der Waals surface area contributed by atoms with Crippen molar-refractivity contribution in [3.8, 4) is 0 Å². The summed E-state index contributed by atoms with van der Waals surface area (Å²) in [7, 11) is -1.47. The van der Waals surface area contributed by atoms with Gasteiger partial charge in [-0.1, -0.05) is 12.5 Å². The fraction of sp³-hybridized carbons (Fsp3) is 0.667. The van der Waals surface area contributed by atoms with Crippen LogP contribution in [0.2, 0.25) is 0 Å². The highest BCUT2D eigenvalue weighted by Gasteiger charge is 2.64. The number of hydrogen-bond donors (Lipinski definition) is 1. The first kappa shape index (κ1) is 19.9. The first-order valence-electron chi connectivity index (χ1n) is 10.8. The maximum absolute atomic E-state index is 13.0. The minimum absolute atomic E-state index is 0.104. The molecule has 4 heterocycles. The minimum Gasteiger partial charge on any atom is -0.467 e. The molecule has 1 N–H and O–H groups in total. The fourth-order valence-electron chi connectivity index (χ4n) is 5.82. The van der Waals surface area contributed by atoms with Crippen molar-refractivity contribution in [2.75, 3.05) is 32.9 Å². The summed E-state index contributed by atoms with van der Waals surface area (Å²) in [5, 5.41) is 0. The van der Waals surface area contributed by atoms with Crippen LogP contribution in [-0.2, 0) is 14.8 Å². The number of urea groups is 1. The number of nitrogens with zero attached hydrogens (tertiary/aromatic N) is 3. The van der Waals surface area contributed by atoms with Gasteiger partial charge in [0.1, 0.15) is 5.76 Å². The number of carbonyl (C=O) groups is 1. The largest absolute Gasteiger partial charge is 0.467 e. The van der Waals surface area contributed by atoms with Crippen LogP contribution in [0.5, 0.6) is 0 Å². The van der Waals surface area contributed by atoms with Crippen molar-refractivity contribution >= 4 is 16.1 Å². The molecule has 4 aliphatic heterocycles. The Hall–Kier alpha value is -2.00.